The van der Waals surface area contributed by atoms with Crippen molar-refractivity contribution in [2.24, 2.45) is 0 Å². The normalized spacial score (nSPS) is 14.6. The van der Waals surface area contributed by atoms with E-state index in [2.05, 4.69) is 10.3 Å². The van der Waals surface area contributed by atoms with Crippen molar-refractivity contribution in [3.05, 3.63) is 64.4 Å². The third kappa shape index (κ3) is 5.52. The van der Waals surface area contributed by atoms with Crippen LogP contribution in [0.15, 0.2) is 42.6 Å². The van der Waals surface area contributed by atoms with Crippen LogP contribution in [-0.2, 0) is 12.7 Å². The first-order valence-electron chi connectivity index (χ1n) is 9.35. The summed E-state index contributed by atoms with van der Waals surface area (Å²) in [5.41, 5.74) is 2.25. The number of hydrogen-bond donors (Lipinski definition) is 1. The number of anilines is 1. The number of pyridine rings is 1. The molecule has 0 radical (unpaired) electrons. The Labute approximate surface area is 178 Å². The van der Waals surface area contributed by atoms with Gasteiger partial charge in [-0.3, -0.25) is 4.98 Å². The molecular formula is C21H22ClF3N4O. The van der Waals surface area contributed by atoms with Crippen molar-refractivity contribution < 1.29 is 18.0 Å². The first-order valence-corrected chi connectivity index (χ1v) is 9.73. The molecular weight excluding hydrogens is 417 g/mol. The Morgan fingerprint density at radius 2 is 1.97 bits per heavy atom. The van der Waals surface area contributed by atoms with Crippen LogP contribution in [0.3, 0.4) is 0 Å². The zero-order valence-corrected chi connectivity index (χ0v) is 17.4. The molecule has 1 aromatic carbocycles. The number of carbonyl (C=O) groups is 1. The zero-order chi connectivity index (χ0) is 21.9. The second-order valence-electron chi connectivity index (χ2n) is 7.34. The van der Waals surface area contributed by atoms with E-state index in [1.807, 2.05) is 31.1 Å². The summed E-state index contributed by atoms with van der Waals surface area (Å²) in [5.74, 6) is 0. The lowest BCUT2D eigenvalue weighted by atomic mass is 10.0. The Kier molecular flexibility index (Phi) is 6.67. The van der Waals surface area contributed by atoms with Gasteiger partial charge >= 0.3 is 12.2 Å². The Hall–Kier alpha value is -2.58. The highest BCUT2D eigenvalue weighted by Gasteiger charge is 2.30. The average molecular weight is 439 g/mol. The minimum Gasteiger partial charge on any atom is -0.320 e. The number of aromatic nitrogens is 1. The van der Waals surface area contributed by atoms with Crippen molar-refractivity contribution in [2.45, 2.75) is 19.1 Å². The average Bonchev–Trinajstić information content (AvgIpc) is 2.67. The molecule has 1 aliphatic heterocycles. The van der Waals surface area contributed by atoms with Crippen LogP contribution in [0.1, 0.15) is 23.2 Å². The fraction of sp³-hybridized carbons (Fsp3) is 0.333. The molecule has 2 heterocycles. The minimum absolute atomic E-state index is 0.309. The van der Waals surface area contributed by atoms with E-state index in [4.69, 9.17) is 11.6 Å². The van der Waals surface area contributed by atoms with Gasteiger partial charge in [0.2, 0.25) is 0 Å². The van der Waals surface area contributed by atoms with Gasteiger partial charge in [0.1, 0.15) is 0 Å². The van der Waals surface area contributed by atoms with Crippen molar-refractivity contribution in [3.63, 3.8) is 0 Å². The number of nitrogens with one attached hydrogen (secondary N) is 1. The van der Waals surface area contributed by atoms with E-state index in [0.717, 1.165) is 29.8 Å². The van der Waals surface area contributed by atoms with Gasteiger partial charge in [0.15, 0.2) is 0 Å². The summed E-state index contributed by atoms with van der Waals surface area (Å²) in [6.07, 6.45) is -0.127. The molecule has 1 aromatic heterocycles. The second-order valence-corrected chi connectivity index (χ2v) is 7.75. The van der Waals surface area contributed by atoms with Crippen LogP contribution in [0.5, 0.6) is 0 Å². The van der Waals surface area contributed by atoms with Crippen LogP contribution in [0.2, 0.25) is 5.02 Å². The third-order valence-electron chi connectivity index (χ3n) is 4.66. The maximum atomic E-state index is 12.6. The van der Waals surface area contributed by atoms with Crippen molar-refractivity contribution in [1.82, 2.24) is 14.8 Å². The summed E-state index contributed by atoms with van der Waals surface area (Å²) in [5, 5.41) is 3.20. The number of urea groups is 1. The van der Waals surface area contributed by atoms with Gasteiger partial charge in [-0.15, -0.1) is 0 Å². The van der Waals surface area contributed by atoms with Gasteiger partial charge in [0.05, 0.1) is 16.3 Å². The molecule has 0 spiro atoms. The highest BCUT2D eigenvalue weighted by molar-refractivity contribution is 6.32. The van der Waals surface area contributed by atoms with E-state index in [-0.39, 0.29) is 6.03 Å². The maximum absolute atomic E-state index is 12.6. The number of rotatable bonds is 4. The smallest absolute Gasteiger partial charge is 0.320 e. The quantitative estimate of drug-likeness (QED) is 0.719. The Balaban J connectivity index is 1.62. The number of nitrogens with zero attached hydrogens (tertiary/aromatic N) is 3. The fourth-order valence-electron chi connectivity index (χ4n) is 3.18. The van der Waals surface area contributed by atoms with Crippen molar-refractivity contribution in [2.75, 3.05) is 32.5 Å². The van der Waals surface area contributed by atoms with E-state index in [1.54, 1.807) is 11.1 Å². The van der Waals surface area contributed by atoms with E-state index >= 15 is 0 Å². The van der Waals surface area contributed by atoms with Crippen LogP contribution < -0.4 is 5.32 Å². The topological polar surface area (TPSA) is 48.5 Å². The molecule has 0 atom stereocenters. The molecule has 0 fully saturated rings. The first-order chi connectivity index (χ1) is 14.1. The summed E-state index contributed by atoms with van der Waals surface area (Å²) in [7, 11) is 3.94. The van der Waals surface area contributed by atoms with Gasteiger partial charge in [-0.2, -0.15) is 13.2 Å². The van der Waals surface area contributed by atoms with E-state index in [0.29, 0.717) is 35.9 Å². The molecule has 0 aliphatic carbocycles. The zero-order valence-electron chi connectivity index (χ0n) is 16.6. The molecule has 5 nitrogen and oxygen atoms in total. The number of benzene rings is 1. The highest BCUT2D eigenvalue weighted by atomic mass is 35.5. The van der Waals surface area contributed by atoms with Crippen molar-refractivity contribution >= 4 is 28.9 Å². The van der Waals surface area contributed by atoms with E-state index < -0.39 is 11.7 Å². The summed E-state index contributed by atoms with van der Waals surface area (Å²) < 4.78 is 37.9. The number of halogens is 4. The molecule has 1 aliphatic rings. The summed E-state index contributed by atoms with van der Waals surface area (Å²) in [4.78, 5) is 20.5. The van der Waals surface area contributed by atoms with Crippen LogP contribution in [-0.4, -0.2) is 48.0 Å². The lowest BCUT2D eigenvalue weighted by Crippen LogP contribution is -2.38. The molecule has 2 aromatic rings. The van der Waals surface area contributed by atoms with Gasteiger partial charge in [-0.25, -0.2) is 4.79 Å². The number of alkyl halides is 3. The molecule has 0 bridgehead atoms. The monoisotopic (exact) mass is 438 g/mol. The second kappa shape index (κ2) is 9.06. The lowest BCUT2D eigenvalue weighted by molar-refractivity contribution is -0.137. The summed E-state index contributed by atoms with van der Waals surface area (Å²) >= 11 is 6.40. The lowest BCUT2D eigenvalue weighted by Gasteiger charge is -2.27. The largest absolute Gasteiger partial charge is 0.416 e. The van der Waals surface area contributed by atoms with Crippen molar-refractivity contribution in [1.29, 1.82) is 0 Å². The van der Waals surface area contributed by atoms with Crippen LogP contribution in [0.4, 0.5) is 23.7 Å². The standard InChI is InChI=1S/C21H22ClF3N4O/c1-28(2)13-14-11-18(22)19(26-12-14)15-7-9-29(10-8-15)20(30)27-17-5-3-16(4-6-17)21(23,24)25/h3-7,11-12H,8-10,13H2,1-2H3,(H,27,30). The highest BCUT2D eigenvalue weighted by Crippen LogP contribution is 2.30. The number of hydrogen-bond acceptors (Lipinski definition) is 3. The van der Waals surface area contributed by atoms with E-state index in [9.17, 15) is 18.0 Å². The molecule has 0 saturated heterocycles. The van der Waals surface area contributed by atoms with Gasteiger partial charge < -0.3 is 15.1 Å². The van der Waals surface area contributed by atoms with Gasteiger partial charge in [0, 0.05) is 31.5 Å². The molecule has 160 valence electrons. The van der Waals surface area contributed by atoms with E-state index in [1.165, 1.54) is 12.1 Å². The van der Waals surface area contributed by atoms with Crippen molar-refractivity contribution in [3.8, 4) is 0 Å². The minimum atomic E-state index is -4.41. The van der Waals surface area contributed by atoms with Gasteiger partial charge in [-0.05, 0) is 62.0 Å². The molecule has 30 heavy (non-hydrogen) atoms. The Bertz CT molecular complexity index is 942. The molecule has 3 rings (SSSR count). The molecule has 2 amide bonds. The number of carbonyl (C=O) groups excluding carboxylic acids is 1. The van der Waals surface area contributed by atoms with Gasteiger partial charge in [0.25, 0.3) is 0 Å². The predicted molar refractivity (Wildman–Crippen MR) is 111 cm³/mol. The first kappa shape index (κ1) is 22.1. The molecule has 9 heteroatoms. The van der Waals surface area contributed by atoms with Crippen LogP contribution in [0, 0.1) is 0 Å². The third-order valence-corrected chi connectivity index (χ3v) is 4.95. The predicted octanol–water partition coefficient (Wildman–Crippen LogP) is 5.14. The molecule has 1 N–H and O–H groups in total. The van der Waals surface area contributed by atoms with Crippen LogP contribution in [0.25, 0.3) is 5.57 Å². The maximum Gasteiger partial charge on any atom is 0.416 e. The Morgan fingerprint density at radius 1 is 1.27 bits per heavy atom. The summed E-state index contributed by atoms with van der Waals surface area (Å²) in [6.45, 7) is 1.55. The van der Waals surface area contributed by atoms with Crippen LogP contribution >= 0.6 is 11.6 Å². The molecule has 0 unspecified atom stereocenters. The molecule has 0 saturated carbocycles. The summed E-state index contributed by atoms with van der Waals surface area (Å²) in [6, 6.07) is 5.89. The Morgan fingerprint density at radius 3 is 2.50 bits per heavy atom. The SMILES string of the molecule is CN(C)Cc1cnc(C2=CCN(C(=O)Nc3ccc(C(F)(F)F)cc3)CC2)c(Cl)c1. The van der Waals surface area contributed by atoms with Gasteiger partial charge in [-0.1, -0.05) is 17.7 Å². The number of amides is 2. The fourth-order valence-corrected chi connectivity index (χ4v) is 3.49.